The number of ketones is 1. The van der Waals surface area contributed by atoms with Gasteiger partial charge >= 0.3 is 0 Å². The van der Waals surface area contributed by atoms with Crippen molar-refractivity contribution in [2.75, 3.05) is 6.54 Å². The van der Waals surface area contributed by atoms with Crippen LogP contribution in [0.3, 0.4) is 0 Å². The summed E-state index contributed by atoms with van der Waals surface area (Å²) in [7, 11) is 0. The van der Waals surface area contributed by atoms with E-state index in [9.17, 15) is 14.7 Å². The molecule has 0 spiro atoms. The SMILES string of the molecule is [C-]#[N+]C[C@@H](c1ccccc1)c1oc(C(=O)CC)cc1C(=O)NC1CCC(O)CC1. The first kappa shape index (κ1) is 20.8. The number of aliphatic hydroxyl groups is 1. The predicted molar refractivity (Wildman–Crippen MR) is 109 cm³/mol. The van der Waals surface area contributed by atoms with Gasteiger partial charge in [0.15, 0.2) is 11.5 Å². The number of hydrogen-bond donors (Lipinski definition) is 2. The van der Waals surface area contributed by atoms with Gasteiger partial charge in [0.05, 0.1) is 11.7 Å². The number of furan rings is 1. The van der Waals surface area contributed by atoms with Crippen LogP contribution in [-0.4, -0.2) is 35.5 Å². The van der Waals surface area contributed by atoms with Crippen LogP contribution in [0, 0.1) is 6.57 Å². The van der Waals surface area contributed by atoms with Crippen LogP contribution < -0.4 is 5.32 Å². The molecule has 1 aliphatic carbocycles. The van der Waals surface area contributed by atoms with Gasteiger partial charge in [-0.05, 0) is 31.2 Å². The van der Waals surface area contributed by atoms with E-state index in [1.165, 1.54) is 6.07 Å². The average molecular weight is 394 g/mol. The minimum atomic E-state index is -0.430. The average Bonchev–Trinajstić information content (AvgIpc) is 3.19. The highest BCUT2D eigenvalue weighted by atomic mass is 16.4. The maximum atomic E-state index is 13.1. The number of aliphatic hydroxyl groups excluding tert-OH is 1. The van der Waals surface area contributed by atoms with Crippen molar-refractivity contribution in [3.05, 3.63) is 70.5 Å². The predicted octanol–water partition coefficient (Wildman–Crippen LogP) is 3.96. The summed E-state index contributed by atoms with van der Waals surface area (Å²) in [6.45, 7) is 9.21. The number of carbonyl (C=O) groups excluding carboxylic acids is 2. The summed E-state index contributed by atoms with van der Waals surface area (Å²) in [6, 6.07) is 10.9. The standard InChI is InChI=1S/C23H26N2O4/c1-3-20(27)21-13-18(23(28)25-16-9-11-17(26)12-10-16)22(29-21)19(14-24-2)15-7-5-4-6-8-15/h4-8,13,16-17,19,26H,3,9-12,14H2,1H3,(H,25,28)/t16?,17?,19-/m0/s1. The van der Waals surface area contributed by atoms with Gasteiger partial charge in [-0.25, -0.2) is 6.57 Å². The smallest absolute Gasteiger partial charge is 0.255 e. The third-order valence-electron chi connectivity index (χ3n) is 5.43. The van der Waals surface area contributed by atoms with Crippen molar-refractivity contribution in [2.24, 2.45) is 0 Å². The van der Waals surface area contributed by atoms with Crippen LogP contribution in [0.1, 0.15) is 77.2 Å². The molecule has 6 heteroatoms. The molecule has 1 fully saturated rings. The van der Waals surface area contributed by atoms with Crippen molar-refractivity contribution in [3.63, 3.8) is 0 Å². The first-order chi connectivity index (χ1) is 14.0. The quantitative estimate of drug-likeness (QED) is 0.550. The number of benzene rings is 1. The van der Waals surface area contributed by atoms with Gasteiger partial charge in [-0.15, -0.1) is 0 Å². The van der Waals surface area contributed by atoms with Gasteiger partial charge in [-0.2, -0.15) is 0 Å². The zero-order chi connectivity index (χ0) is 20.8. The Bertz CT molecular complexity index is 889. The maximum Gasteiger partial charge on any atom is 0.255 e. The first-order valence-corrected chi connectivity index (χ1v) is 10.1. The monoisotopic (exact) mass is 394 g/mol. The highest BCUT2D eigenvalue weighted by Gasteiger charge is 2.31. The molecule has 1 aromatic carbocycles. The van der Waals surface area contributed by atoms with Crippen LogP contribution in [0.15, 0.2) is 40.8 Å². The fourth-order valence-electron chi connectivity index (χ4n) is 3.75. The molecular formula is C23H26N2O4. The van der Waals surface area contributed by atoms with Gasteiger partial charge in [-0.1, -0.05) is 37.3 Å². The largest absolute Gasteiger partial charge is 0.456 e. The molecule has 1 amide bonds. The molecule has 152 valence electrons. The van der Waals surface area contributed by atoms with Crippen LogP contribution in [0.2, 0.25) is 0 Å². The van der Waals surface area contributed by atoms with Crippen molar-refractivity contribution in [1.29, 1.82) is 0 Å². The van der Waals surface area contributed by atoms with Crippen LogP contribution in [-0.2, 0) is 0 Å². The molecular weight excluding hydrogens is 368 g/mol. The molecule has 1 aliphatic rings. The lowest BCUT2D eigenvalue weighted by atomic mass is 9.92. The van der Waals surface area contributed by atoms with E-state index in [-0.39, 0.29) is 42.6 Å². The molecule has 1 saturated carbocycles. The summed E-state index contributed by atoms with van der Waals surface area (Å²) in [6.07, 6.45) is 2.71. The van der Waals surface area contributed by atoms with Crippen molar-refractivity contribution < 1.29 is 19.1 Å². The van der Waals surface area contributed by atoms with Gasteiger partial charge < -0.3 is 19.7 Å². The third kappa shape index (κ3) is 4.93. The summed E-state index contributed by atoms with van der Waals surface area (Å²) >= 11 is 0. The lowest BCUT2D eigenvalue weighted by Gasteiger charge is -2.26. The zero-order valence-electron chi connectivity index (χ0n) is 16.6. The molecule has 6 nitrogen and oxygen atoms in total. The number of nitrogens with zero attached hydrogens (tertiary/aromatic N) is 1. The molecule has 2 aromatic rings. The first-order valence-electron chi connectivity index (χ1n) is 10.1. The number of amides is 1. The minimum absolute atomic E-state index is 0.0185. The van der Waals surface area contributed by atoms with Crippen molar-refractivity contribution in [3.8, 4) is 0 Å². The number of rotatable bonds is 7. The van der Waals surface area contributed by atoms with E-state index in [1.54, 1.807) is 6.92 Å². The molecule has 2 N–H and O–H groups in total. The summed E-state index contributed by atoms with van der Waals surface area (Å²) in [5.74, 6) is -0.400. The van der Waals surface area contributed by atoms with Gasteiger partial charge in [0, 0.05) is 18.5 Å². The number of carbonyl (C=O) groups is 2. The van der Waals surface area contributed by atoms with Gasteiger partial charge in [0.25, 0.3) is 5.91 Å². The Kier molecular flexibility index (Phi) is 6.84. The van der Waals surface area contributed by atoms with Gasteiger partial charge in [0.2, 0.25) is 6.54 Å². The fraction of sp³-hybridized carbons (Fsp3) is 0.435. The van der Waals surface area contributed by atoms with E-state index < -0.39 is 5.92 Å². The second-order valence-electron chi connectivity index (χ2n) is 7.45. The van der Waals surface area contributed by atoms with E-state index in [0.29, 0.717) is 37.0 Å². The molecule has 29 heavy (non-hydrogen) atoms. The van der Waals surface area contributed by atoms with E-state index in [2.05, 4.69) is 10.2 Å². The molecule has 3 rings (SSSR count). The van der Waals surface area contributed by atoms with E-state index in [1.807, 2.05) is 30.3 Å². The van der Waals surface area contributed by atoms with Crippen LogP contribution in [0.25, 0.3) is 4.85 Å². The topological polar surface area (TPSA) is 83.9 Å². The van der Waals surface area contributed by atoms with Gasteiger partial charge in [-0.3, -0.25) is 9.59 Å². The molecule has 0 unspecified atom stereocenters. The lowest BCUT2D eigenvalue weighted by molar-refractivity contribution is 0.0865. The molecule has 1 heterocycles. The van der Waals surface area contributed by atoms with E-state index in [0.717, 1.165) is 5.56 Å². The Morgan fingerprint density at radius 3 is 2.55 bits per heavy atom. The van der Waals surface area contributed by atoms with Gasteiger partial charge in [0.1, 0.15) is 11.7 Å². The third-order valence-corrected chi connectivity index (χ3v) is 5.43. The molecule has 0 aliphatic heterocycles. The molecule has 0 radical (unpaired) electrons. The highest BCUT2D eigenvalue weighted by Crippen LogP contribution is 2.31. The minimum Gasteiger partial charge on any atom is -0.456 e. The van der Waals surface area contributed by atoms with Crippen molar-refractivity contribution in [2.45, 2.75) is 57.1 Å². The van der Waals surface area contributed by atoms with E-state index in [4.69, 9.17) is 11.0 Å². The Morgan fingerprint density at radius 1 is 1.24 bits per heavy atom. The van der Waals surface area contributed by atoms with Crippen LogP contribution in [0.4, 0.5) is 0 Å². The molecule has 1 atom stereocenters. The summed E-state index contributed by atoms with van der Waals surface area (Å²) in [5, 5.41) is 12.7. The van der Waals surface area contributed by atoms with Crippen molar-refractivity contribution in [1.82, 2.24) is 5.32 Å². The number of nitrogens with one attached hydrogen (secondary N) is 1. The molecule has 1 aromatic heterocycles. The van der Waals surface area contributed by atoms with Crippen molar-refractivity contribution >= 4 is 11.7 Å². The number of Topliss-reactive ketones (excluding diaryl/α,β-unsaturated/α-hetero) is 1. The lowest BCUT2D eigenvalue weighted by Crippen LogP contribution is -2.38. The Morgan fingerprint density at radius 2 is 1.93 bits per heavy atom. The Hall–Kier alpha value is -2.91. The zero-order valence-corrected chi connectivity index (χ0v) is 16.6. The highest BCUT2D eigenvalue weighted by molar-refractivity contribution is 6.00. The Balaban J connectivity index is 1.94. The summed E-state index contributed by atoms with van der Waals surface area (Å²) in [4.78, 5) is 28.8. The maximum absolute atomic E-state index is 13.1. The van der Waals surface area contributed by atoms with Crippen LogP contribution >= 0.6 is 0 Å². The second-order valence-corrected chi connectivity index (χ2v) is 7.45. The Labute approximate surface area is 170 Å². The molecule has 0 bridgehead atoms. The summed E-state index contributed by atoms with van der Waals surface area (Å²) in [5.41, 5.74) is 1.17. The van der Waals surface area contributed by atoms with Crippen LogP contribution in [0.5, 0.6) is 0 Å². The second kappa shape index (κ2) is 9.53. The normalized spacial score (nSPS) is 19.9. The number of hydrogen-bond acceptors (Lipinski definition) is 4. The fourth-order valence-corrected chi connectivity index (χ4v) is 3.75. The molecule has 0 saturated heterocycles. The van der Waals surface area contributed by atoms with E-state index >= 15 is 0 Å². The summed E-state index contributed by atoms with van der Waals surface area (Å²) < 4.78 is 5.87.